The average molecular weight is 378 g/mol. The Labute approximate surface area is 151 Å². The SMILES string of the molecule is CC1C(S(=O)(=O)N2CCC(c3c[nH]c4ncccc34)CC2)CN1C(=O)O. The van der Waals surface area contributed by atoms with Gasteiger partial charge in [0, 0.05) is 37.4 Å². The number of piperidine rings is 1. The molecule has 0 radical (unpaired) electrons. The highest BCUT2D eigenvalue weighted by Gasteiger charge is 2.49. The van der Waals surface area contributed by atoms with Crippen LogP contribution in [0.3, 0.4) is 0 Å². The van der Waals surface area contributed by atoms with Crippen LogP contribution in [0.2, 0.25) is 0 Å². The molecule has 2 unspecified atom stereocenters. The third kappa shape index (κ3) is 2.66. The second kappa shape index (κ2) is 6.24. The van der Waals surface area contributed by atoms with Crippen molar-refractivity contribution in [2.75, 3.05) is 19.6 Å². The quantitative estimate of drug-likeness (QED) is 0.847. The van der Waals surface area contributed by atoms with Gasteiger partial charge in [0.2, 0.25) is 10.0 Å². The molecule has 2 aromatic heterocycles. The van der Waals surface area contributed by atoms with E-state index in [9.17, 15) is 13.2 Å². The molecule has 8 nitrogen and oxygen atoms in total. The van der Waals surface area contributed by atoms with Crippen molar-refractivity contribution >= 4 is 27.1 Å². The predicted molar refractivity (Wildman–Crippen MR) is 96.5 cm³/mol. The Balaban J connectivity index is 1.44. The van der Waals surface area contributed by atoms with Gasteiger partial charge in [0.25, 0.3) is 0 Å². The molecule has 2 N–H and O–H groups in total. The van der Waals surface area contributed by atoms with Crippen molar-refractivity contribution < 1.29 is 18.3 Å². The normalized spacial score (nSPS) is 25.3. The Bertz CT molecular complexity index is 933. The van der Waals surface area contributed by atoms with Crippen molar-refractivity contribution in [1.82, 2.24) is 19.2 Å². The minimum absolute atomic E-state index is 0.0624. The summed E-state index contributed by atoms with van der Waals surface area (Å²) in [5.74, 6) is 0.300. The summed E-state index contributed by atoms with van der Waals surface area (Å²) in [5.41, 5.74) is 2.05. The Morgan fingerprint density at radius 2 is 2.08 bits per heavy atom. The molecule has 0 aliphatic carbocycles. The minimum Gasteiger partial charge on any atom is -0.465 e. The molecule has 4 heterocycles. The first kappa shape index (κ1) is 17.3. The first-order chi connectivity index (χ1) is 12.4. The number of likely N-dealkylation sites (tertiary alicyclic amines) is 1. The summed E-state index contributed by atoms with van der Waals surface area (Å²) in [6.45, 7) is 2.66. The Hall–Kier alpha value is -2.13. The number of aromatic amines is 1. The number of H-pyrrole nitrogens is 1. The van der Waals surface area contributed by atoms with Crippen LogP contribution in [0.5, 0.6) is 0 Å². The Morgan fingerprint density at radius 3 is 2.73 bits per heavy atom. The van der Waals surface area contributed by atoms with Crippen LogP contribution in [-0.4, -0.2) is 69.7 Å². The van der Waals surface area contributed by atoms with Crippen LogP contribution in [-0.2, 0) is 10.0 Å². The number of rotatable bonds is 3. The molecule has 2 fully saturated rings. The van der Waals surface area contributed by atoms with Crippen LogP contribution in [0.1, 0.15) is 31.2 Å². The van der Waals surface area contributed by atoms with E-state index in [1.54, 1.807) is 13.1 Å². The fraction of sp³-hybridized carbons (Fsp3) is 0.529. The molecule has 2 saturated heterocycles. The first-order valence-electron chi connectivity index (χ1n) is 8.80. The van der Waals surface area contributed by atoms with Crippen molar-refractivity contribution in [2.45, 2.75) is 37.0 Å². The number of carboxylic acid groups (broad SMARTS) is 1. The molecule has 4 rings (SSSR count). The van der Waals surface area contributed by atoms with Gasteiger partial charge in [-0.15, -0.1) is 0 Å². The molecule has 9 heteroatoms. The van der Waals surface area contributed by atoms with Gasteiger partial charge in [0.1, 0.15) is 10.9 Å². The maximum absolute atomic E-state index is 12.8. The van der Waals surface area contributed by atoms with E-state index in [1.807, 2.05) is 18.3 Å². The molecule has 140 valence electrons. The van der Waals surface area contributed by atoms with Crippen LogP contribution in [0.15, 0.2) is 24.5 Å². The number of fused-ring (bicyclic) bond motifs is 1. The molecular formula is C17H22N4O4S. The lowest BCUT2D eigenvalue weighted by Gasteiger charge is -2.46. The zero-order valence-corrected chi connectivity index (χ0v) is 15.3. The summed E-state index contributed by atoms with van der Waals surface area (Å²) in [6, 6.07) is 3.45. The fourth-order valence-electron chi connectivity index (χ4n) is 4.10. The summed E-state index contributed by atoms with van der Waals surface area (Å²) >= 11 is 0. The van der Waals surface area contributed by atoms with Gasteiger partial charge in [0.05, 0.1) is 6.04 Å². The van der Waals surface area contributed by atoms with E-state index >= 15 is 0 Å². The van der Waals surface area contributed by atoms with Gasteiger partial charge in [-0.25, -0.2) is 22.5 Å². The number of pyridine rings is 1. The molecule has 2 aromatic rings. The van der Waals surface area contributed by atoms with Crippen LogP contribution >= 0.6 is 0 Å². The fourth-order valence-corrected chi connectivity index (χ4v) is 6.19. The second-order valence-corrected chi connectivity index (χ2v) is 9.23. The number of amides is 1. The van der Waals surface area contributed by atoms with Gasteiger partial charge in [-0.05, 0) is 43.4 Å². The lowest BCUT2D eigenvalue weighted by atomic mass is 9.90. The van der Waals surface area contributed by atoms with E-state index in [2.05, 4.69) is 9.97 Å². The lowest BCUT2D eigenvalue weighted by molar-refractivity contribution is 0.0841. The van der Waals surface area contributed by atoms with Crippen LogP contribution in [0, 0.1) is 0 Å². The summed E-state index contributed by atoms with van der Waals surface area (Å²) in [4.78, 5) is 19.7. The highest BCUT2D eigenvalue weighted by atomic mass is 32.2. The summed E-state index contributed by atoms with van der Waals surface area (Å²) in [5, 5.41) is 9.50. The molecule has 2 atom stereocenters. The van der Waals surface area contributed by atoms with Gasteiger partial charge in [-0.2, -0.15) is 0 Å². The van der Waals surface area contributed by atoms with E-state index in [0.717, 1.165) is 23.9 Å². The standard InChI is InChI=1S/C17H22N4O4S/c1-11-15(10-21(11)17(22)23)26(24,25)20-7-4-12(5-8-20)14-9-19-16-13(14)3-2-6-18-16/h2-3,6,9,11-12,15H,4-5,7-8,10H2,1H3,(H,18,19)(H,22,23). The van der Waals surface area contributed by atoms with E-state index < -0.39 is 27.4 Å². The Morgan fingerprint density at radius 1 is 1.35 bits per heavy atom. The van der Waals surface area contributed by atoms with Gasteiger partial charge in [-0.1, -0.05) is 0 Å². The largest absolute Gasteiger partial charge is 0.465 e. The predicted octanol–water partition coefficient (Wildman–Crippen LogP) is 1.82. The zero-order valence-electron chi connectivity index (χ0n) is 14.5. The van der Waals surface area contributed by atoms with Crippen molar-refractivity contribution in [3.8, 4) is 0 Å². The van der Waals surface area contributed by atoms with Crippen molar-refractivity contribution in [1.29, 1.82) is 0 Å². The molecule has 26 heavy (non-hydrogen) atoms. The second-order valence-electron chi connectivity index (χ2n) is 7.08. The maximum Gasteiger partial charge on any atom is 0.407 e. The number of nitrogens with zero attached hydrogens (tertiary/aromatic N) is 3. The average Bonchev–Trinajstić information content (AvgIpc) is 3.04. The van der Waals surface area contributed by atoms with E-state index in [0.29, 0.717) is 19.0 Å². The summed E-state index contributed by atoms with van der Waals surface area (Å²) in [7, 11) is -3.47. The molecule has 0 saturated carbocycles. The van der Waals surface area contributed by atoms with Gasteiger partial charge >= 0.3 is 6.09 Å². The first-order valence-corrected chi connectivity index (χ1v) is 10.3. The monoisotopic (exact) mass is 378 g/mol. The number of carbonyl (C=O) groups is 1. The van der Waals surface area contributed by atoms with Gasteiger partial charge in [0.15, 0.2) is 0 Å². The third-order valence-electron chi connectivity index (χ3n) is 5.77. The third-order valence-corrected chi connectivity index (χ3v) is 8.16. The number of hydrogen-bond donors (Lipinski definition) is 2. The van der Waals surface area contributed by atoms with Crippen LogP contribution in [0.25, 0.3) is 11.0 Å². The maximum atomic E-state index is 12.8. The van der Waals surface area contributed by atoms with Gasteiger partial charge in [-0.3, -0.25) is 0 Å². The molecule has 2 aliphatic rings. The lowest BCUT2D eigenvalue weighted by Crippen LogP contribution is -2.65. The van der Waals surface area contributed by atoms with E-state index in [-0.39, 0.29) is 6.54 Å². The Kier molecular flexibility index (Phi) is 4.15. The summed E-state index contributed by atoms with van der Waals surface area (Å²) < 4.78 is 27.2. The van der Waals surface area contributed by atoms with Gasteiger partial charge < -0.3 is 15.0 Å². The molecule has 0 spiro atoms. The van der Waals surface area contributed by atoms with E-state index in [1.165, 1.54) is 14.8 Å². The molecule has 2 aliphatic heterocycles. The highest BCUT2D eigenvalue weighted by Crippen LogP contribution is 2.35. The topological polar surface area (TPSA) is 107 Å². The molecule has 0 aromatic carbocycles. The number of aromatic nitrogens is 2. The van der Waals surface area contributed by atoms with E-state index in [4.69, 9.17) is 5.11 Å². The molecule has 0 bridgehead atoms. The van der Waals surface area contributed by atoms with Crippen LogP contribution in [0.4, 0.5) is 4.79 Å². The number of sulfonamides is 1. The molecule has 1 amide bonds. The van der Waals surface area contributed by atoms with Crippen molar-refractivity contribution in [2.24, 2.45) is 0 Å². The highest BCUT2D eigenvalue weighted by molar-refractivity contribution is 7.89. The van der Waals surface area contributed by atoms with Crippen molar-refractivity contribution in [3.63, 3.8) is 0 Å². The number of nitrogens with one attached hydrogen (secondary N) is 1. The van der Waals surface area contributed by atoms with Crippen LogP contribution < -0.4 is 0 Å². The number of hydrogen-bond acceptors (Lipinski definition) is 4. The smallest absolute Gasteiger partial charge is 0.407 e. The summed E-state index contributed by atoms with van der Waals surface area (Å²) in [6.07, 6.45) is 4.18. The molecular weight excluding hydrogens is 356 g/mol. The zero-order chi connectivity index (χ0) is 18.5. The minimum atomic E-state index is -3.47. The van der Waals surface area contributed by atoms with Crippen molar-refractivity contribution in [3.05, 3.63) is 30.1 Å².